The number of ether oxygens (including phenoxy) is 1. The molecule has 0 unspecified atom stereocenters. The van der Waals surface area contributed by atoms with Gasteiger partial charge in [0.25, 0.3) is 0 Å². The Bertz CT molecular complexity index is 826. The number of rotatable bonds is 6. The van der Waals surface area contributed by atoms with E-state index in [4.69, 9.17) is 9.26 Å². The molecule has 24 heavy (non-hydrogen) atoms. The largest absolute Gasteiger partial charge is 0.485 e. The number of aromatic nitrogens is 2. The van der Waals surface area contributed by atoms with Crippen LogP contribution in [-0.4, -0.2) is 15.9 Å². The van der Waals surface area contributed by atoms with Gasteiger partial charge < -0.3 is 9.26 Å². The first-order valence-corrected chi connectivity index (χ1v) is 7.50. The molecule has 1 heterocycles. The van der Waals surface area contributed by atoms with Crippen molar-refractivity contribution < 1.29 is 18.4 Å². The summed E-state index contributed by atoms with van der Waals surface area (Å²) in [5.74, 6) is 1.08. The first-order valence-electron chi connectivity index (χ1n) is 7.50. The molecule has 0 saturated carbocycles. The molecule has 0 fully saturated rings. The Morgan fingerprint density at radius 1 is 1.08 bits per heavy atom. The van der Waals surface area contributed by atoms with Crippen molar-refractivity contribution >= 4 is 5.78 Å². The molecule has 2 aromatic carbocycles. The van der Waals surface area contributed by atoms with Gasteiger partial charge in [0.15, 0.2) is 12.4 Å². The van der Waals surface area contributed by atoms with E-state index in [1.54, 1.807) is 24.3 Å². The standard InChI is InChI=1S/C18H15FN2O3/c1-2-17-20-16(21-24-17)11-23-15-9-5-13(6-10-15)18(22)12-3-7-14(19)8-4-12/h3-10H,2,11H2,1H3. The molecule has 0 aliphatic heterocycles. The Hall–Kier alpha value is -3.02. The van der Waals surface area contributed by atoms with E-state index in [2.05, 4.69) is 10.1 Å². The van der Waals surface area contributed by atoms with Gasteiger partial charge in [-0.05, 0) is 48.5 Å². The summed E-state index contributed by atoms with van der Waals surface area (Å²) in [6.07, 6.45) is 0.674. The van der Waals surface area contributed by atoms with Crippen molar-refractivity contribution in [3.8, 4) is 5.75 Å². The molecule has 6 heteroatoms. The van der Waals surface area contributed by atoms with E-state index < -0.39 is 0 Å². The van der Waals surface area contributed by atoms with Crippen LogP contribution in [0.15, 0.2) is 53.1 Å². The van der Waals surface area contributed by atoms with Crippen LogP contribution in [0.4, 0.5) is 4.39 Å². The maximum Gasteiger partial charge on any atom is 0.226 e. The number of benzene rings is 2. The van der Waals surface area contributed by atoms with Gasteiger partial charge in [0.1, 0.15) is 11.6 Å². The summed E-state index contributed by atoms with van der Waals surface area (Å²) in [7, 11) is 0. The molecule has 1 aromatic heterocycles. The monoisotopic (exact) mass is 326 g/mol. The second-order valence-corrected chi connectivity index (χ2v) is 5.11. The van der Waals surface area contributed by atoms with E-state index in [9.17, 15) is 9.18 Å². The Morgan fingerprint density at radius 3 is 2.29 bits per heavy atom. The molecule has 0 radical (unpaired) electrons. The summed E-state index contributed by atoms with van der Waals surface area (Å²) in [5.41, 5.74) is 0.936. The summed E-state index contributed by atoms with van der Waals surface area (Å²) < 4.78 is 23.5. The number of nitrogens with zero attached hydrogens (tertiary/aromatic N) is 2. The number of carbonyl (C=O) groups is 1. The molecule has 0 bridgehead atoms. The minimum absolute atomic E-state index is 0.174. The molecule has 0 aliphatic rings. The molecule has 3 rings (SSSR count). The van der Waals surface area contributed by atoms with E-state index in [0.29, 0.717) is 35.0 Å². The van der Waals surface area contributed by atoms with Gasteiger partial charge in [-0.1, -0.05) is 12.1 Å². The van der Waals surface area contributed by atoms with Crippen LogP contribution < -0.4 is 4.74 Å². The van der Waals surface area contributed by atoms with Gasteiger partial charge in [-0.25, -0.2) is 4.39 Å². The minimum Gasteiger partial charge on any atom is -0.485 e. The first-order chi connectivity index (χ1) is 11.7. The number of ketones is 1. The van der Waals surface area contributed by atoms with Crippen molar-refractivity contribution in [2.24, 2.45) is 0 Å². The highest BCUT2D eigenvalue weighted by Gasteiger charge is 2.10. The van der Waals surface area contributed by atoms with E-state index in [-0.39, 0.29) is 18.2 Å². The van der Waals surface area contributed by atoms with Crippen LogP contribution in [0.3, 0.4) is 0 Å². The van der Waals surface area contributed by atoms with Crippen LogP contribution in [0.5, 0.6) is 5.75 Å². The maximum atomic E-state index is 12.9. The maximum absolute atomic E-state index is 12.9. The van der Waals surface area contributed by atoms with E-state index in [0.717, 1.165) is 0 Å². The number of aryl methyl sites for hydroxylation is 1. The molecule has 0 spiro atoms. The Balaban J connectivity index is 1.64. The molecule has 0 aliphatic carbocycles. The van der Waals surface area contributed by atoms with Crippen LogP contribution in [0, 0.1) is 5.82 Å². The molecule has 122 valence electrons. The first kappa shape index (κ1) is 15.9. The van der Waals surface area contributed by atoms with Gasteiger partial charge in [0.2, 0.25) is 11.7 Å². The highest BCUT2D eigenvalue weighted by molar-refractivity contribution is 6.08. The number of carbonyl (C=O) groups excluding carboxylic acids is 1. The summed E-state index contributed by atoms with van der Waals surface area (Å²) in [6.45, 7) is 2.11. The molecular formula is C18H15FN2O3. The second kappa shape index (κ2) is 7.04. The Kier molecular flexibility index (Phi) is 4.65. The molecule has 0 saturated heterocycles. The lowest BCUT2D eigenvalue weighted by atomic mass is 10.0. The van der Waals surface area contributed by atoms with Crippen LogP contribution in [0.1, 0.15) is 34.6 Å². The summed E-state index contributed by atoms with van der Waals surface area (Å²) in [6, 6.07) is 12.2. The number of halogens is 1. The summed E-state index contributed by atoms with van der Waals surface area (Å²) in [5, 5.41) is 3.80. The summed E-state index contributed by atoms with van der Waals surface area (Å²) >= 11 is 0. The Labute approximate surface area is 138 Å². The van der Waals surface area contributed by atoms with Gasteiger partial charge in [0.05, 0.1) is 0 Å². The highest BCUT2D eigenvalue weighted by Crippen LogP contribution is 2.17. The summed E-state index contributed by atoms with van der Waals surface area (Å²) in [4.78, 5) is 16.4. The third-order valence-corrected chi connectivity index (χ3v) is 3.40. The normalized spacial score (nSPS) is 10.6. The predicted octanol–water partition coefficient (Wildman–Crippen LogP) is 3.58. The third kappa shape index (κ3) is 3.65. The molecular weight excluding hydrogens is 311 g/mol. The lowest BCUT2D eigenvalue weighted by Crippen LogP contribution is -2.02. The number of hydrogen-bond donors (Lipinski definition) is 0. The zero-order valence-electron chi connectivity index (χ0n) is 13.0. The topological polar surface area (TPSA) is 65.2 Å². The van der Waals surface area contributed by atoms with Crippen molar-refractivity contribution in [3.05, 3.63) is 77.2 Å². The van der Waals surface area contributed by atoms with E-state index in [1.165, 1.54) is 24.3 Å². The Morgan fingerprint density at radius 2 is 1.71 bits per heavy atom. The SMILES string of the molecule is CCc1nc(COc2ccc(C(=O)c3ccc(F)cc3)cc2)no1. The number of hydrogen-bond acceptors (Lipinski definition) is 5. The van der Waals surface area contributed by atoms with Gasteiger partial charge in [-0.15, -0.1) is 0 Å². The average Bonchev–Trinajstić information content (AvgIpc) is 3.09. The minimum atomic E-state index is -0.372. The molecule has 0 atom stereocenters. The zero-order valence-corrected chi connectivity index (χ0v) is 13.0. The molecule has 3 aromatic rings. The quantitative estimate of drug-likeness (QED) is 0.648. The fourth-order valence-corrected chi connectivity index (χ4v) is 2.11. The lowest BCUT2D eigenvalue weighted by Gasteiger charge is -2.05. The molecule has 5 nitrogen and oxygen atoms in total. The second-order valence-electron chi connectivity index (χ2n) is 5.11. The van der Waals surface area contributed by atoms with Crippen molar-refractivity contribution in [2.45, 2.75) is 20.0 Å². The van der Waals surface area contributed by atoms with Gasteiger partial charge in [0, 0.05) is 17.5 Å². The third-order valence-electron chi connectivity index (χ3n) is 3.40. The van der Waals surface area contributed by atoms with Crippen LogP contribution in [-0.2, 0) is 13.0 Å². The lowest BCUT2D eigenvalue weighted by molar-refractivity contribution is 0.103. The molecule has 0 amide bonds. The van der Waals surface area contributed by atoms with Crippen molar-refractivity contribution in [3.63, 3.8) is 0 Å². The van der Waals surface area contributed by atoms with Crippen LogP contribution in [0.25, 0.3) is 0 Å². The smallest absolute Gasteiger partial charge is 0.226 e. The predicted molar refractivity (Wildman–Crippen MR) is 84.3 cm³/mol. The fourth-order valence-electron chi connectivity index (χ4n) is 2.11. The highest BCUT2D eigenvalue weighted by atomic mass is 19.1. The van der Waals surface area contributed by atoms with E-state index >= 15 is 0 Å². The molecule has 0 N–H and O–H groups in total. The van der Waals surface area contributed by atoms with Crippen molar-refractivity contribution in [1.29, 1.82) is 0 Å². The van der Waals surface area contributed by atoms with Crippen molar-refractivity contribution in [1.82, 2.24) is 10.1 Å². The van der Waals surface area contributed by atoms with Gasteiger partial charge in [-0.2, -0.15) is 4.98 Å². The van der Waals surface area contributed by atoms with E-state index in [1.807, 2.05) is 6.92 Å². The van der Waals surface area contributed by atoms with Crippen LogP contribution >= 0.6 is 0 Å². The fraction of sp³-hybridized carbons (Fsp3) is 0.167. The van der Waals surface area contributed by atoms with Gasteiger partial charge in [-0.3, -0.25) is 4.79 Å². The van der Waals surface area contributed by atoms with Crippen LogP contribution in [0.2, 0.25) is 0 Å². The zero-order chi connectivity index (χ0) is 16.9. The average molecular weight is 326 g/mol. The van der Waals surface area contributed by atoms with Gasteiger partial charge >= 0.3 is 0 Å². The van der Waals surface area contributed by atoms with Crippen molar-refractivity contribution in [2.75, 3.05) is 0 Å².